The largest absolute Gasteiger partial charge is 0.417 e. The summed E-state index contributed by atoms with van der Waals surface area (Å²) in [5, 5.41) is 9.00. The van der Waals surface area contributed by atoms with E-state index in [1.54, 1.807) is 55.5 Å². The smallest absolute Gasteiger partial charge is 0.360 e. The fourth-order valence-electron chi connectivity index (χ4n) is 4.05. The van der Waals surface area contributed by atoms with Crippen molar-refractivity contribution in [3.8, 4) is 6.07 Å². The molecular formula is C22H15N3O5. The summed E-state index contributed by atoms with van der Waals surface area (Å²) in [4.78, 5) is 40.5. The van der Waals surface area contributed by atoms with Crippen LogP contribution in [-0.2, 0) is 19.1 Å². The number of esters is 2. The van der Waals surface area contributed by atoms with Crippen molar-refractivity contribution in [2.45, 2.75) is 25.8 Å². The molecule has 8 heteroatoms. The van der Waals surface area contributed by atoms with Gasteiger partial charge in [-0.3, -0.25) is 9.69 Å². The molecule has 0 aliphatic carbocycles. The highest BCUT2D eigenvalue weighted by Crippen LogP contribution is 2.43. The van der Waals surface area contributed by atoms with Gasteiger partial charge < -0.3 is 14.4 Å². The Morgan fingerprint density at radius 3 is 2.57 bits per heavy atom. The molecule has 30 heavy (non-hydrogen) atoms. The molecule has 1 amide bonds. The number of β-lactam (4-membered cyclic amide) rings is 1. The Hall–Kier alpha value is -4.12. The lowest BCUT2D eigenvalue weighted by atomic mass is 10.1. The number of anilines is 1. The molecule has 8 nitrogen and oxygen atoms in total. The van der Waals surface area contributed by atoms with Crippen LogP contribution in [0.3, 0.4) is 0 Å². The van der Waals surface area contributed by atoms with E-state index in [4.69, 9.17) is 14.7 Å². The number of nitrogens with zero attached hydrogens (tertiary/aromatic N) is 3. The first-order valence-electron chi connectivity index (χ1n) is 9.33. The summed E-state index contributed by atoms with van der Waals surface area (Å²) >= 11 is 0. The van der Waals surface area contributed by atoms with E-state index in [1.165, 1.54) is 4.90 Å². The van der Waals surface area contributed by atoms with Gasteiger partial charge in [-0.15, -0.1) is 0 Å². The first kappa shape index (κ1) is 17.9. The fraction of sp³-hybridized carbons (Fsp3) is 0.182. The summed E-state index contributed by atoms with van der Waals surface area (Å²) in [6.45, 7) is 1.73. The van der Waals surface area contributed by atoms with Gasteiger partial charge in [-0.2, -0.15) is 5.26 Å². The minimum atomic E-state index is -1.15. The Morgan fingerprint density at radius 2 is 1.87 bits per heavy atom. The normalized spacial score (nSPS) is 21.6. The predicted octanol–water partition coefficient (Wildman–Crippen LogP) is 2.58. The summed E-state index contributed by atoms with van der Waals surface area (Å²) in [7, 11) is 0. The number of rotatable bonds is 3. The third-order valence-corrected chi connectivity index (χ3v) is 5.50. The third kappa shape index (κ3) is 2.49. The molecule has 5 rings (SSSR count). The van der Waals surface area contributed by atoms with Crippen LogP contribution in [0.25, 0.3) is 0 Å². The minimum absolute atomic E-state index is 0.126. The highest BCUT2D eigenvalue weighted by molar-refractivity contribution is 6.01. The van der Waals surface area contributed by atoms with E-state index in [-0.39, 0.29) is 24.2 Å². The number of carbonyl (C=O) groups excluding carboxylic acids is 3. The second-order valence-corrected chi connectivity index (χ2v) is 7.14. The number of nitriles is 1. The second-order valence-electron chi connectivity index (χ2n) is 7.14. The van der Waals surface area contributed by atoms with E-state index in [0.717, 1.165) is 5.69 Å². The van der Waals surface area contributed by atoms with Crippen LogP contribution in [0.4, 0.5) is 5.69 Å². The molecule has 3 aliphatic rings. The topological polar surface area (TPSA) is 99.9 Å². The van der Waals surface area contributed by atoms with Gasteiger partial charge in [-0.25, -0.2) is 9.59 Å². The fourth-order valence-corrected chi connectivity index (χ4v) is 4.05. The van der Waals surface area contributed by atoms with Crippen molar-refractivity contribution in [2.75, 3.05) is 4.90 Å². The number of ether oxygens (including phenoxy) is 2. The van der Waals surface area contributed by atoms with Gasteiger partial charge in [0.25, 0.3) is 6.29 Å². The van der Waals surface area contributed by atoms with Crippen molar-refractivity contribution in [1.29, 1.82) is 5.26 Å². The second kappa shape index (κ2) is 6.46. The molecule has 3 heterocycles. The highest BCUT2D eigenvalue weighted by atomic mass is 16.7. The molecule has 1 unspecified atom stereocenters. The van der Waals surface area contributed by atoms with Gasteiger partial charge in [0.2, 0.25) is 5.91 Å². The maximum absolute atomic E-state index is 13.0. The highest BCUT2D eigenvalue weighted by Gasteiger charge is 2.52. The zero-order valence-electron chi connectivity index (χ0n) is 15.9. The summed E-state index contributed by atoms with van der Waals surface area (Å²) in [5.74, 6) is -1.49. The lowest BCUT2D eigenvalue weighted by molar-refractivity contribution is -0.168. The van der Waals surface area contributed by atoms with Crippen LogP contribution in [0.1, 0.15) is 41.1 Å². The Kier molecular flexibility index (Phi) is 3.86. The molecule has 0 N–H and O–H groups in total. The van der Waals surface area contributed by atoms with E-state index in [1.807, 2.05) is 4.90 Å². The van der Waals surface area contributed by atoms with Crippen LogP contribution < -0.4 is 4.90 Å². The van der Waals surface area contributed by atoms with Gasteiger partial charge in [-0.1, -0.05) is 18.2 Å². The average Bonchev–Trinajstić information content (AvgIpc) is 3.19. The van der Waals surface area contributed by atoms with Crippen molar-refractivity contribution in [3.05, 3.63) is 76.6 Å². The molecule has 1 saturated heterocycles. The zero-order chi connectivity index (χ0) is 21.0. The average molecular weight is 401 g/mol. The standard InChI is InChI=1S/C22H15N3O5/c1-12-19(21(28)30-22-16-5-3-2-4-15(16)20(27)29-22)25-17(10-18(25)26)24(12)14-8-6-13(11-23)7-9-14/h2-9,17,22H,10H2,1H3/t17-,22?/m1/s1. The van der Waals surface area contributed by atoms with Crippen LogP contribution in [0.2, 0.25) is 0 Å². The van der Waals surface area contributed by atoms with Crippen LogP contribution >= 0.6 is 0 Å². The van der Waals surface area contributed by atoms with Crippen molar-refractivity contribution >= 4 is 23.5 Å². The number of amides is 1. The third-order valence-electron chi connectivity index (χ3n) is 5.50. The number of allylic oxidation sites excluding steroid dienone is 1. The van der Waals surface area contributed by atoms with Crippen molar-refractivity contribution in [1.82, 2.24) is 4.90 Å². The summed E-state index contributed by atoms with van der Waals surface area (Å²) < 4.78 is 10.7. The molecule has 3 aliphatic heterocycles. The van der Waals surface area contributed by atoms with E-state index >= 15 is 0 Å². The molecule has 2 atom stereocenters. The van der Waals surface area contributed by atoms with Gasteiger partial charge in [0.05, 0.1) is 23.6 Å². The molecule has 148 valence electrons. The van der Waals surface area contributed by atoms with Gasteiger partial charge in [-0.05, 0) is 37.3 Å². The number of cyclic esters (lactones) is 1. The molecule has 2 aromatic rings. The Labute approximate surface area is 171 Å². The number of hydrogen-bond donors (Lipinski definition) is 0. The quantitative estimate of drug-likeness (QED) is 0.576. The maximum atomic E-state index is 13.0. The maximum Gasteiger partial charge on any atom is 0.360 e. The van der Waals surface area contributed by atoms with E-state index in [0.29, 0.717) is 22.4 Å². The molecule has 0 saturated carbocycles. The summed E-state index contributed by atoms with van der Waals surface area (Å²) in [5.41, 5.74) is 2.78. The van der Waals surface area contributed by atoms with Crippen LogP contribution in [0.5, 0.6) is 0 Å². The van der Waals surface area contributed by atoms with Crippen molar-refractivity contribution in [2.24, 2.45) is 0 Å². The van der Waals surface area contributed by atoms with Gasteiger partial charge in [0.15, 0.2) is 5.70 Å². The summed E-state index contributed by atoms with van der Waals surface area (Å²) in [6, 6.07) is 15.7. The first-order valence-corrected chi connectivity index (χ1v) is 9.33. The molecule has 0 bridgehead atoms. The van der Waals surface area contributed by atoms with Crippen LogP contribution in [0.15, 0.2) is 59.9 Å². The van der Waals surface area contributed by atoms with Crippen molar-refractivity contribution in [3.63, 3.8) is 0 Å². The Balaban J connectivity index is 1.46. The lowest BCUT2D eigenvalue weighted by Gasteiger charge is -2.40. The Bertz CT molecular complexity index is 1180. The Morgan fingerprint density at radius 1 is 1.13 bits per heavy atom. The van der Waals surface area contributed by atoms with E-state index < -0.39 is 18.2 Å². The number of hydrogen-bond acceptors (Lipinski definition) is 7. The number of fused-ring (bicyclic) bond motifs is 2. The first-order chi connectivity index (χ1) is 14.5. The molecule has 1 fully saturated rings. The molecule has 0 spiro atoms. The summed E-state index contributed by atoms with van der Waals surface area (Å²) in [6.07, 6.45) is -1.22. The monoisotopic (exact) mass is 401 g/mol. The van der Waals surface area contributed by atoms with E-state index in [9.17, 15) is 14.4 Å². The lowest BCUT2D eigenvalue weighted by Crippen LogP contribution is -2.55. The van der Waals surface area contributed by atoms with Crippen molar-refractivity contribution < 1.29 is 23.9 Å². The van der Waals surface area contributed by atoms with Crippen LogP contribution in [0, 0.1) is 11.3 Å². The molecule has 0 radical (unpaired) electrons. The van der Waals surface area contributed by atoms with Gasteiger partial charge >= 0.3 is 11.9 Å². The zero-order valence-corrected chi connectivity index (χ0v) is 15.9. The number of carbonyl (C=O) groups is 3. The molecular weight excluding hydrogens is 386 g/mol. The predicted molar refractivity (Wildman–Crippen MR) is 102 cm³/mol. The minimum Gasteiger partial charge on any atom is -0.417 e. The number of benzene rings is 2. The SMILES string of the molecule is CC1=C(C(=O)OC2OC(=O)c3ccccc32)N2C(=O)C[C@@H]2N1c1ccc(C#N)cc1. The molecule has 2 aromatic carbocycles. The molecule has 0 aromatic heterocycles. The van der Waals surface area contributed by atoms with Gasteiger partial charge in [0, 0.05) is 16.9 Å². The van der Waals surface area contributed by atoms with E-state index in [2.05, 4.69) is 6.07 Å². The van der Waals surface area contributed by atoms with Crippen LogP contribution in [-0.4, -0.2) is 28.9 Å². The van der Waals surface area contributed by atoms with Gasteiger partial charge in [0.1, 0.15) is 6.17 Å².